The van der Waals surface area contributed by atoms with Crippen molar-refractivity contribution in [2.75, 3.05) is 5.32 Å². The van der Waals surface area contributed by atoms with Crippen molar-refractivity contribution in [2.45, 2.75) is 50.8 Å². The van der Waals surface area contributed by atoms with Gasteiger partial charge in [-0.15, -0.1) is 0 Å². The summed E-state index contributed by atoms with van der Waals surface area (Å²) in [6.07, 6.45) is 2.83. The summed E-state index contributed by atoms with van der Waals surface area (Å²) in [7, 11) is 0. The first-order chi connectivity index (χ1) is 10.9. The van der Waals surface area contributed by atoms with Gasteiger partial charge in [-0.1, -0.05) is 12.1 Å². The Hall–Kier alpha value is -2.28. The second kappa shape index (κ2) is 7.82. The van der Waals surface area contributed by atoms with Crippen molar-refractivity contribution in [2.24, 2.45) is 5.73 Å². The number of hydrogen-bond donors (Lipinski definition) is 5. The number of carbonyl (C=O) groups is 2. The van der Waals surface area contributed by atoms with E-state index in [1.54, 1.807) is 12.1 Å². The minimum atomic E-state index is -0.610. The van der Waals surface area contributed by atoms with Crippen LogP contribution in [0, 0.1) is 0 Å². The molecule has 0 heterocycles. The normalized spacial score (nSPS) is 22.0. The third-order valence-corrected chi connectivity index (χ3v) is 4.06. The molecule has 1 saturated carbocycles. The van der Waals surface area contributed by atoms with Gasteiger partial charge in [0.1, 0.15) is 0 Å². The zero-order chi connectivity index (χ0) is 16.8. The van der Waals surface area contributed by atoms with E-state index in [9.17, 15) is 14.7 Å². The number of nitrogens with two attached hydrogens (primary N) is 1. The van der Waals surface area contributed by atoms with Gasteiger partial charge >= 0.3 is 12.1 Å². The van der Waals surface area contributed by atoms with Crippen LogP contribution >= 0.6 is 0 Å². The van der Waals surface area contributed by atoms with Gasteiger partial charge in [-0.2, -0.15) is 0 Å². The van der Waals surface area contributed by atoms with E-state index in [4.69, 9.17) is 5.73 Å². The fourth-order valence-corrected chi connectivity index (χ4v) is 2.72. The summed E-state index contributed by atoms with van der Waals surface area (Å²) in [4.78, 5) is 22.8. The van der Waals surface area contributed by atoms with E-state index >= 15 is 0 Å². The quantitative estimate of drug-likeness (QED) is 0.582. The molecule has 1 unspecified atom stereocenters. The number of nitrogens with one attached hydrogen (secondary N) is 3. The molecule has 0 radical (unpaired) electrons. The highest BCUT2D eigenvalue weighted by molar-refractivity contribution is 5.87. The van der Waals surface area contributed by atoms with Crippen LogP contribution in [0.5, 0.6) is 0 Å². The summed E-state index contributed by atoms with van der Waals surface area (Å²) in [5, 5.41) is 17.8. The Morgan fingerprint density at radius 1 is 1.17 bits per heavy atom. The maximum Gasteiger partial charge on any atom is 0.316 e. The van der Waals surface area contributed by atoms with Crippen LogP contribution in [0.15, 0.2) is 24.3 Å². The van der Waals surface area contributed by atoms with Crippen LogP contribution in [-0.4, -0.2) is 29.3 Å². The largest absolute Gasteiger partial charge is 0.393 e. The van der Waals surface area contributed by atoms with Gasteiger partial charge in [0.15, 0.2) is 0 Å². The first-order valence-corrected chi connectivity index (χ1v) is 7.85. The van der Waals surface area contributed by atoms with E-state index in [0.717, 1.165) is 31.2 Å². The molecule has 1 fully saturated rings. The van der Waals surface area contributed by atoms with E-state index in [1.807, 2.05) is 19.1 Å². The Kier molecular flexibility index (Phi) is 5.81. The number of primary amides is 1. The molecule has 7 heteroatoms. The minimum Gasteiger partial charge on any atom is -0.393 e. The molecule has 1 aromatic carbocycles. The lowest BCUT2D eigenvalue weighted by molar-refractivity contribution is 0.117. The number of urea groups is 2. The zero-order valence-electron chi connectivity index (χ0n) is 13.2. The summed E-state index contributed by atoms with van der Waals surface area (Å²) in [5.74, 6) is 0. The van der Waals surface area contributed by atoms with Crippen molar-refractivity contribution >= 4 is 17.7 Å². The van der Waals surface area contributed by atoms with E-state index in [0.29, 0.717) is 5.69 Å². The molecule has 4 amide bonds. The van der Waals surface area contributed by atoms with Gasteiger partial charge in [-0.25, -0.2) is 9.59 Å². The topological polar surface area (TPSA) is 116 Å². The van der Waals surface area contributed by atoms with Gasteiger partial charge in [0.25, 0.3) is 0 Å². The van der Waals surface area contributed by atoms with Crippen molar-refractivity contribution in [3.05, 3.63) is 29.8 Å². The van der Waals surface area contributed by atoms with Crippen molar-refractivity contribution in [1.29, 1.82) is 0 Å². The molecule has 23 heavy (non-hydrogen) atoms. The number of anilines is 1. The van der Waals surface area contributed by atoms with Crippen molar-refractivity contribution in [3.8, 4) is 0 Å². The van der Waals surface area contributed by atoms with Gasteiger partial charge in [0.05, 0.1) is 12.1 Å². The molecular weight excluding hydrogens is 296 g/mol. The Morgan fingerprint density at radius 2 is 1.78 bits per heavy atom. The molecule has 1 aliphatic carbocycles. The van der Waals surface area contributed by atoms with Crippen molar-refractivity contribution in [1.82, 2.24) is 10.6 Å². The fourth-order valence-electron chi connectivity index (χ4n) is 2.72. The standard InChI is InChI=1S/C16H24N4O3/c1-10(11-2-4-12(5-3-11)19-15(17)22)18-16(23)20-13-6-8-14(21)9-7-13/h2-5,10,13-14,21H,6-9H2,1H3,(H3,17,19,22)(H2,18,20,23). The molecule has 1 aromatic rings. The average Bonchev–Trinajstić information content (AvgIpc) is 2.49. The fraction of sp³-hybridized carbons (Fsp3) is 0.500. The maximum atomic E-state index is 12.0. The van der Waals surface area contributed by atoms with Crippen molar-refractivity contribution in [3.63, 3.8) is 0 Å². The summed E-state index contributed by atoms with van der Waals surface area (Å²) < 4.78 is 0. The minimum absolute atomic E-state index is 0.118. The Bertz CT molecular complexity index is 539. The predicted octanol–water partition coefficient (Wildman–Crippen LogP) is 1.84. The highest BCUT2D eigenvalue weighted by Crippen LogP contribution is 2.19. The first kappa shape index (κ1) is 17.1. The van der Waals surface area contributed by atoms with E-state index < -0.39 is 6.03 Å². The number of benzene rings is 1. The lowest BCUT2D eigenvalue weighted by Gasteiger charge is -2.27. The zero-order valence-corrected chi connectivity index (χ0v) is 13.2. The average molecular weight is 320 g/mol. The Labute approximate surface area is 135 Å². The first-order valence-electron chi connectivity index (χ1n) is 7.85. The predicted molar refractivity (Wildman–Crippen MR) is 88.0 cm³/mol. The van der Waals surface area contributed by atoms with Crippen molar-refractivity contribution < 1.29 is 14.7 Å². The molecular formula is C16H24N4O3. The highest BCUT2D eigenvalue weighted by atomic mass is 16.3. The van der Waals surface area contributed by atoms with Gasteiger partial charge < -0.3 is 26.8 Å². The van der Waals surface area contributed by atoms with Crippen LogP contribution < -0.4 is 21.7 Å². The van der Waals surface area contributed by atoms with Crippen LogP contribution in [-0.2, 0) is 0 Å². The lowest BCUT2D eigenvalue weighted by atomic mass is 9.93. The van der Waals surface area contributed by atoms with Gasteiger partial charge in [0, 0.05) is 11.7 Å². The SMILES string of the molecule is CC(NC(=O)NC1CCC(O)CC1)c1ccc(NC(N)=O)cc1. The van der Waals surface area contributed by atoms with Crippen LogP contribution in [0.25, 0.3) is 0 Å². The molecule has 0 aromatic heterocycles. The molecule has 126 valence electrons. The van der Waals surface area contributed by atoms with Crippen LogP contribution in [0.3, 0.4) is 0 Å². The van der Waals surface area contributed by atoms with Crippen LogP contribution in [0.4, 0.5) is 15.3 Å². The van der Waals surface area contributed by atoms with E-state index in [2.05, 4.69) is 16.0 Å². The summed E-state index contributed by atoms with van der Waals surface area (Å²) >= 11 is 0. The number of amides is 4. The van der Waals surface area contributed by atoms with Gasteiger partial charge in [-0.05, 0) is 50.3 Å². The summed E-state index contributed by atoms with van der Waals surface area (Å²) in [6.45, 7) is 1.89. The van der Waals surface area contributed by atoms with Gasteiger partial charge in [0.2, 0.25) is 0 Å². The summed E-state index contributed by atoms with van der Waals surface area (Å²) in [6, 6.07) is 6.26. The number of rotatable bonds is 4. The molecule has 6 N–H and O–H groups in total. The van der Waals surface area contributed by atoms with E-state index in [1.165, 1.54) is 0 Å². The number of aliphatic hydroxyl groups excluding tert-OH is 1. The maximum absolute atomic E-state index is 12.0. The van der Waals surface area contributed by atoms with E-state index in [-0.39, 0.29) is 24.2 Å². The molecule has 7 nitrogen and oxygen atoms in total. The Balaban J connectivity index is 1.82. The molecule has 0 bridgehead atoms. The Morgan fingerprint density at radius 3 is 2.35 bits per heavy atom. The molecule has 0 aliphatic heterocycles. The monoisotopic (exact) mass is 320 g/mol. The summed E-state index contributed by atoms with van der Waals surface area (Å²) in [5.41, 5.74) is 6.59. The highest BCUT2D eigenvalue weighted by Gasteiger charge is 2.21. The number of hydrogen-bond acceptors (Lipinski definition) is 3. The second-order valence-electron chi connectivity index (χ2n) is 5.96. The molecule has 0 spiro atoms. The van der Waals surface area contributed by atoms with Gasteiger partial charge in [-0.3, -0.25) is 0 Å². The number of carbonyl (C=O) groups excluding carboxylic acids is 2. The smallest absolute Gasteiger partial charge is 0.316 e. The molecule has 1 aliphatic rings. The third kappa shape index (κ3) is 5.45. The molecule has 1 atom stereocenters. The van der Waals surface area contributed by atoms with Crippen LogP contribution in [0.2, 0.25) is 0 Å². The number of aliphatic hydroxyl groups is 1. The van der Waals surface area contributed by atoms with Crippen LogP contribution in [0.1, 0.15) is 44.2 Å². The third-order valence-electron chi connectivity index (χ3n) is 4.06. The second-order valence-corrected chi connectivity index (χ2v) is 5.96. The molecule has 0 saturated heterocycles. The molecule has 2 rings (SSSR count). The lowest BCUT2D eigenvalue weighted by Crippen LogP contribution is -2.44.